The Morgan fingerprint density at radius 1 is 1.21 bits per heavy atom. The summed E-state index contributed by atoms with van der Waals surface area (Å²) in [6.07, 6.45) is -3.37. The highest BCUT2D eigenvalue weighted by Gasteiger charge is 2.41. The van der Waals surface area contributed by atoms with Gasteiger partial charge in [-0.05, 0) is 55.5 Å². The minimum atomic E-state index is -4.18. The van der Waals surface area contributed by atoms with E-state index in [1.807, 2.05) is 47.7 Å². The Kier molecular flexibility index (Phi) is 8.32. The van der Waals surface area contributed by atoms with Crippen molar-refractivity contribution in [3.63, 3.8) is 0 Å². The van der Waals surface area contributed by atoms with Crippen LogP contribution in [0.3, 0.4) is 0 Å². The highest BCUT2D eigenvalue weighted by Crippen LogP contribution is 2.38. The van der Waals surface area contributed by atoms with Gasteiger partial charge in [-0.15, -0.1) is 0 Å². The number of fused-ring (bicyclic) bond motifs is 1. The SMILES string of the molecule is CCc1ccc(CNC(=O)C(C)(N)CF)cc1Nc1nc2cc(Cl)c(N3CCC(C(F)(F)F)CC3)cc2n1C. The fourth-order valence-electron chi connectivity index (χ4n) is 4.73. The summed E-state index contributed by atoms with van der Waals surface area (Å²) in [6.45, 7) is 3.11. The summed E-state index contributed by atoms with van der Waals surface area (Å²) in [5.41, 5.74) is 8.82. The number of amides is 1. The second-order valence-electron chi connectivity index (χ2n) is 10.3. The summed E-state index contributed by atoms with van der Waals surface area (Å²) in [5.74, 6) is -1.31. The van der Waals surface area contributed by atoms with E-state index in [1.165, 1.54) is 6.92 Å². The number of hydrogen-bond donors (Lipinski definition) is 3. The van der Waals surface area contributed by atoms with Crippen LogP contribution in [0.2, 0.25) is 5.02 Å². The highest BCUT2D eigenvalue weighted by molar-refractivity contribution is 6.34. The van der Waals surface area contributed by atoms with Crippen molar-refractivity contribution >= 4 is 45.9 Å². The Hall–Kier alpha value is -3.05. The number of aryl methyl sites for hydroxylation is 2. The lowest BCUT2D eigenvalue weighted by Crippen LogP contribution is -2.53. The molecule has 0 saturated carbocycles. The lowest BCUT2D eigenvalue weighted by Gasteiger charge is -2.34. The lowest BCUT2D eigenvalue weighted by molar-refractivity contribution is -0.179. The number of rotatable bonds is 8. The van der Waals surface area contributed by atoms with E-state index in [2.05, 4.69) is 10.6 Å². The first kappa shape index (κ1) is 28.9. The van der Waals surface area contributed by atoms with Crippen LogP contribution in [-0.2, 0) is 24.8 Å². The normalized spacial score (nSPS) is 16.4. The Morgan fingerprint density at radius 3 is 2.51 bits per heavy atom. The van der Waals surface area contributed by atoms with E-state index in [0.717, 1.165) is 28.8 Å². The molecule has 12 heteroatoms. The number of benzene rings is 2. The molecule has 1 saturated heterocycles. The topological polar surface area (TPSA) is 88.2 Å². The number of anilines is 3. The fraction of sp³-hybridized carbons (Fsp3) is 0.481. The van der Waals surface area contributed by atoms with Crippen molar-refractivity contribution in [3.8, 4) is 0 Å². The summed E-state index contributed by atoms with van der Waals surface area (Å²) in [4.78, 5) is 18.8. The Morgan fingerprint density at radius 2 is 1.90 bits per heavy atom. The molecule has 3 aromatic rings. The van der Waals surface area contributed by atoms with E-state index in [1.54, 1.807) is 6.07 Å². The average Bonchev–Trinajstić information content (AvgIpc) is 3.19. The smallest absolute Gasteiger partial charge is 0.370 e. The first-order valence-electron chi connectivity index (χ1n) is 12.8. The van der Waals surface area contributed by atoms with Crippen molar-refractivity contribution in [1.29, 1.82) is 0 Å². The standard InChI is InChI=1S/C27H33ClF4N6O/c1-4-17-6-5-16(14-34-24(39)26(2,33)15-29)11-20(17)35-25-36-21-12-19(28)22(13-23(21)37(25)3)38-9-7-18(8-10-38)27(30,31)32/h5-6,11-13,18H,4,7-10,14-15,33H2,1-3H3,(H,34,39)(H,35,36). The fourth-order valence-corrected chi connectivity index (χ4v) is 5.00. The Labute approximate surface area is 229 Å². The predicted molar refractivity (Wildman–Crippen MR) is 146 cm³/mol. The molecule has 4 N–H and O–H groups in total. The molecule has 1 aliphatic rings. The van der Waals surface area contributed by atoms with E-state index in [4.69, 9.17) is 22.3 Å². The van der Waals surface area contributed by atoms with Gasteiger partial charge in [-0.25, -0.2) is 9.37 Å². The van der Waals surface area contributed by atoms with Crippen LogP contribution in [0.15, 0.2) is 30.3 Å². The zero-order chi connectivity index (χ0) is 28.5. The number of imidazole rings is 1. The molecule has 2 heterocycles. The van der Waals surface area contributed by atoms with E-state index >= 15 is 0 Å². The van der Waals surface area contributed by atoms with Gasteiger partial charge in [0.25, 0.3) is 0 Å². The second kappa shape index (κ2) is 11.2. The van der Waals surface area contributed by atoms with Crippen molar-refractivity contribution < 1.29 is 22.4 Å². The molecule has 1 atom stereocenters. The number of carbonyl (C=O) groups excluding carboxylic acids is 1. The molecule has 1 aromatic heterocycles. The van der Waals surface area contributed by atoms with Gasteiger partial charge >= 0.3 is 6.18 Å². The Bertz CT molecular complexity index is 1350. The maximum Gasteiger partial charge on any atom is 0.391 e. The summed E-state index contributed by atoms with van der Waals surface area (Å²) >= 11 is 6.56. The maximum absolute atomic E-state index is 13.1. The van der Waals surface area contributed by atoms with E-state index in [0.29, 0.717) is 22.2 Å². The van der Waals surface area contributed by atoms with Crippen LogP contribution in [0, 0.1) is 5.92 Å². The third kappa shape index (κ3) is 6.24. The quantitative estimate of drug-likeness (QED) is 0.307. The summed E-state index contributed by atoms with van der Waals surface area (Å²) in [5, 5.41) is 6.47. The summed E-state index contributed by atoms with van der Waals surface area (Å²) < 4.78 is 54.2. The van der Waals surface area contributed by atoms with Crippen LogP contribution >= 0.6 is 11.6 Å². The molecule has 1 aliphatic heterocycles. The third-order valence-electron chi connectivity index (χ3n) is 7.30. The van der Waals surface area contributed by atoms with Gasteiger partial charge < -0.3 is 25.8 Å². The predicted octanol–water partition coefficient (Wildman–Crippen LogP) is 5.61. The van der Waals surface area contributed by atoms with Gasteiger partial charge in [-0.3, -0.25) is 4.79 Å². The molecule has 2 aromatic carbocycles. The van der Waals surface area contributed by atoms with Gasteiger partial charge in [0, 0.05) is 32.4 Å². The number of nitrogens with zero attached hydrogens (tertiary/aromatic N) is 3. The van der Waals surface area contributed by atoms with Crippen LogP contribution < -0.4 is 21.3 Å². The van der Waals surface area contributed by atoms with Crippen molar-refractivity contribution in [3.05, 3.63) is 46.5 Å². The largest absolute Gasteiger partial charge is 0.391 e. The summed E-state index contributed by atoms with van der Waals surface area (Å²) in [6, 6.07) is 9.32. The monoisotopic (exact) mass is 568 g/mol. The average molecular weight is 569 g/mol. The third-order valence-corrected chi connectivity index (χ3v) is 7.60. The Balaban J connectivity index is 1.56. The number of piperidine rings is 1. The van der Waals surface area contributed by atoms with Gasteiger partial charge in [0.2, 0.25) is 11.9 Å². The molecular weight excluding hydrogens is 536 g/mol. The van der Waals surface area contributed by atoms with Crippen molar-refractivity contribution in [2.24, 2.45) is 18.7 Å². The molecule has 7 nitrogen and oxygen atoms in total. The molecule has 212 valence electrons. The minimum absolute atomic E-state index is 0.0327. The molecule has 0 spiro atoms. The van der Waals surface area contributed by atoms with Gasteiger partial charge in [0.05, 0.1) is 27.7 Å². The van der Waals surface area contributed by atoms with Gasteiger partial charge in [-0.1, -0.05) is 30.7 Å². The van der Waals surface area contributed by atoms with E-state index in [-0.39, 0.29) is 32.5 Å². The zero-order valence-corrected chi connectivity index (χ0v) is 22.9. The van der Waals surface area contributed by atoms with E-state index in [9.17, 15) is 22.4 Å². The molecule has 1 amide bonds. The minimum Gasteiger partial charge on any atom is -0.370 e. The van der Waals surface area contributed by atoms with Crippen LogP contribution in [0.1, 0.15) is 37.8 Å². The van der Waals surface area contributed by atoms with Crippen LogP contribution in [-0.4, -0.2) is 46.9 Å². The molecule has 0 aliphatic carbocycles. The number of alkyl halides is 4. The second-order valence-corrected chi connectivity index (χ2v) is 10.7. The van der Waals surface area contributed by atoms with E-state index < -0.39 is 30.2 Å². The molecule has 0 radical (unpaired) electrons. The molecule has 0 bridgehead atoms. The molecule has 1 unspecified atom stereocenters. The molecule has 39 heavy (non-hydrogen) atoms. The number of halogens is 5. The first-order chi connectivity index (χ1) is 18.3. The molecule has 4 rings (SSSR count). The van der Waals surface area contributed by atoms with Gasteiger partial charge in [-0.2, -0.15) is 13.2 Å². The van der Waals surface area contributed by atoms with Crippen LogP contribution in [0.5, 0.6) is 0 Å². The van der Waals surface area contributed by atoms with Crippen LogP contribution in [0.4, 0.5) is 34.9 Å². The first-order valence-corrected chi connectivity index (χ1v) is 13.2. The number of nitrogens with two attached hydrogens (primary N) is 1. The summed E-state index contributed by atoms with van der Waals surface area (Å²) in [7, 11) is 1.85. The van der Waals surface area contributed by atoms with Crippen molar-refractivity contribution in [2.45, 2.75) is 51.4 Å². The number of aromatic nitrogens is 2. The maximum atomic E-state index is 13.1. The van der Waals surface area contributed by atoms with Crippen molar-refractivity contribution in [1.82, 2.24) is 14.9 Å². The highest BCUT2D eigenvalue weighted by atomic mass is 35.5. The van der Waals surface area contributed by atoms with Crippen LogP contribution in [0.25, 0.3) is 11.0 Å². The van der Waals surface area contributed by atoms with Gasteiger partial charge in [0.1, 0.15) is 12.2 Å². The van der Waals surface area contributed by atoms with Crippen molar-refractivity contribution in [2.75, 3.05) is 30.0 Å². The number of carbonyl (C=O) groups is 1. The molecular formula is C27H33ClF4N6O. The number of hydrogen-bond acceptors (Lipinski definition) is 5. The molecule has 1 fully saturated rings. The lowest BCUT2D eigenvalue weighted by atomic mass is 9.96. The number of nitrogens with one attached hydrogen (secondary N) is 2. The zero-order valence-electron chi connectivity index (χ0n) is 22.1. The van der Waals surface area contributed by atoms with Gasteiger partial charge in [0.15, 0.2) is 0 Å².